The Morgan fingerprint density at radius 1 is 0.909 bits per heavy atom. The quantitative estimate of drug-likeness (QED) is 0.773. The first-order chi connectivity index (χ1) is 10.6. The fourth-order valence-electron chi connectivity index (χ4n) is 2.78. The van der Waals surface area contributed by atoms with Crippen LogP contribution >= 0.6 is 0 Å². The predicted molar refractivity (Wildman–Crippen MR) is 92.8 cm³/mol. The molecular formula is C20H27NO. The molecule has 2 N–H and O–H groups in total. The number of nitrogens with one attached hydrogen (secondary N) is 1. The lowest BCUT2D eigenvalue weighted by atomic mass is 9.97. The second kappa shape index (κ2) is 8.72. The van der Waals surface area contributed by atoms with Gasteiger partial charge in [-0.05, 0) is 29.9 Å². The van der Waals surface area contributed by atoms with Crippen molar-refractivity contribution in [2.75, 3.05) is 6.54 Å². The summed E-state index contributed by atoms with van der Waals surface area (Å²) in [6.07, 6.45) is 1.66. The fraction of sp³-hybridized carbons (Fsp3) is 0.400. The van der Waals surface area contributed by atoms with Crippen molar-refractivity contribution in [3.05, 3.63) is 71.8 Å². The highest BCUT2D eigenvalue weighted by atomic mass is 16.3. The molecule has 2 atom stereocenters. The van der Waals surface area contributed by atoms with Gasteiger partial charge in [-0.15, -0.1) is 0 Å². The van der Waals surface area contributed by atoms with E-state index in [0.29, 0.717) is 18.5 Å². The normalized spacial score (nSPS) is 14.0. The second-order valence-electron chi connectivity index (χ2n) is 6.35. The van der Waals surface area contributed by atoms with Crippen LogP contribution in [0.1, 0.15) is 37.5 Å². The molecule has 0 saturated carbocycles. The molecule has 2 aromatic carbocycles. The maximum atomic E-state index is 10.3. The monoisotopic (exact) mass is 297 g/mol. The highest BCUT2D eigenvalue weighted by molar-refractivity contribution is 5.18. The largest absolute Gasteiger partial charge is 0.387 e. The molecule has 22 heavy (non-hydrogen) atoms. The van der Waals surface area contributed by atoms with Crippen LogP contribution in [0.5, 0.6) is 0 Å². The molecule has 0 spiro atoms. The topological polar surface area (TPSA) is 32.3 Å². The molecular weight excluding hydrogens is 270 g/mol. The van der Waals surface area contributed by atoms with Crippen LogP contribution in [-0.4, -0.2) is 17.7 Å². The van der Waals surface area contributed by atoms with Crippen molar-refractivity contribution < 1.29 is 5.11 Å². The first-order valence-electron chi connectivity index (χ1n) is 8.15. The van der Waals surface area contributed by atoms with Gasteiger partial charge in [0.15, 0.2) is 0 Å². The van der Waals surface area contributed by atoms with Gasteiger partial charge < -0.3 is 10.4 Å². The van der Waals surface area contributed by atoms with Crippen LogP contribution in [0.25, 0.3) is 0 Å². The Labute approximate surface area is 134 Å². The molecule has 0 bridgehead atoms. The van der Waals surface area contributed by atoms with Gasteiger partial charge in [0.05, 0.1) is 6.10 Å². The smallest absolute Gasteiger partial charge is 0.0914 e. The molecule has 0 amide bonds. The van der Waals surface area contributed by atoms with Gasteiger partial charge in [-0.2, -0.15) is 0 Å². The van der Waals surface area contributed by atoms with Gasteiger partial charge in [-0.1, -0.05) is 74.5 Å². The van der Waals surface area contributed by atoms with Crippen LogP contribution < -0.4 is 5.32 Å². The van der Waals surface area contributed by atoms with E-state index in [1.54, 1.807) is 0 Å². The Hall–Kier alpha value is -1.64. The number of hydrogen-bond acceptors (Lipinski definition) is 2. The Kier molecular flexibility index (Phi) is 6.63. The van der Waals surface area contributed by atoms with Crippen LogP contribution in [-0.2, 0) is 6.42 Å². The Bertz CT molecular complexity index is 524. The van der Waals surface area contributed by atoms with E-state index in [1.807, 2.05) is 36.4 Å². The molecule has 0 fully saturated rings. The maximum Gasteiger partial charge on any atom is 0.0914 e. The second-order valence-corrected chi connectivity index (χ2v) is 6.35. The zero-order chi connectivity index (χ0) is 15.8. The van der Waals surface area contributed by atoms with Crippen LogP contribution in [0.3, 0.4) is 0 Å². The molecule has 0 radical (unpaired) electrons. The minimum Gasteiger partial charge on any atom is -0.387 e. The van der Waals surface area contributed by atoms with Gasteiger partial charge >= 0.3 is 0 Å². The molecule has 0 aliphatic carbocycles. The Morgan fingerprint density at radius 3 is 2.09 bits per heavy atom. The van der Waals surface area contributed by atoms with E-state index in [9.17, 15) is 5.11 Å². The zero-order valence-corrected chi connectivity index (χ0v) is 13.6. The van der Waals surface area contributed by atoms with Gasteiger partial charge in [0.2, 0.25) is 0 Å². The lowest BCUT2D eigenvalue weighted by Crippen LogP contribution is -2.35. The van der Waals surface area contributed by atoms with Crippen molar-refractivity contribution in [3.8, 4) is 0 Å². The minimum atomic E-state index is -0.452. The number of hydrogen-bond donors (Lipinski definition) is 2. The van der Waals surface area contributed by atoms with E-state index in [1.165, 1.54) is 5.56 Å². The third kappa shape index (κ3) is 5.63. The molecule has 0 aliphatic rings. The zero-order valence-electron chi connectivity index (χ0n) is 13.6. The molecule has 118 valence electrons. The van der Waals surface area contributed by atoms with Crippen molar-refractivity contribution in [2.45, 2.75) is 38.8 Å². The van der Waals surface area contributed by atoms with Gasteiger partial charge in [0, 0.05) is 12.6 Å². The first-order valence-corrected chi connectivity index (χ1v) is 8.15. The van der Waals surface area contributed by atoms with Crippen molar-refractivity contribution in [3.63, 3.8) is 0 Å². The van der Waals surface area contributed by atoms with Crippen molar-refractivity contribution in [2.24, 2.45) is 5.92 Å². The lowest BCUT2D eigenvalue weighted by Gasteiger charge is -2.23. The van der Waals surface area contributed by atoms with Crippen LogP contribution in [0.15, 0.2) is 60.7 Å². The molecule has 1 unspecified atom stereocenters. The van der Waals surface area contributed by atoms with E-state index in [2.05, 4.69) is 43.4 Å². The summed E-state index contributed by atoms with van der Waals surface area (Å²) in [6, 6.07) is 20.8. The van der Waals surface area contributed by atoms with Crippen LogP contribution in [0.4, 0.5) is 0 Å². The fourth-order valence-corrected chi connectivity index (χ4v) is 2.78. The SMILES string of the molecule is CC(C)CC(Cc1ccccc1)NC[C@H](O)c1ccccc1. The number of rotatable bonds is 8. The van der Waals surface area contributed by atoms with Gasteiger partial charge in [0.1, 0.15) is 0 Å². The van der Waals surface area contributed by atoms with Gasteiger partial charge in [-0.25, -0.2) is 0 Å². The van der Waals surface area contributed by atoms with E-state index >= 15 is 0 Å². The van der Waals surface area contributed by atoms with E-state index in [4.69, 9.17) is 0 Å². The highest BCUT2D eigenvalue weighted by Crippen LogP contribution is 2.14. The van der Waals surface area contributed by atoms with Gasteiger partial charge in [0.25, 0.3) is 0 Å². The third-order valence-corrected chi connectivity index (χ3v) is 3.87. The van der Waals surface area contributed by atoms with Crippen molar-refractivity contribution in [1.29, 1.82) is 0 Å². The average molecular weight is 297 g/mol. The Balaban J connectivity index is 1.92. The van der Waals surface area contributed by atoms with E-state index in [-0.39, 0.29) is 0 Å². The molecule has 2 rings (SSSR count). The molecule has 2 aromatic rings. The van der Waals surface area contributed by atoms with E-state index in [0.717, 1.165) is 18.4 Å². The summed E-state index contributed by atoms with van der Waals surface area (Å²) in [7, 11) is 0. The molecule has 0 saturated heterocycles. The first kappa shape index (κ1) is 16.7. The molecule has 0 aromatic heterocycles. The van der Waals surface area contributed by atoms with Crippen molar-refractivity contribution >= 4 is 0 Å². The minimum absolute atomic E-state index is 0.390. The average Bonchev–Trinajstić information content (AvgIpc) is 2.53. The highest BCUT2D eigenvalue weighted by Gasteiger charge is 2.14. The summed E-state index contributed by atoms with van der Waals surface area (Å²) in [5, 5.41) is 13.9. The standard InChI is InChI=1S/C20H27NO/c1-16(2)13-19(14-17-9-5-3-6-10-17)21-15-20(22)18-11-7-4-8-12-18/h3-12,16,19-22H,13-15H2,1-2H3/t19?,20-/m0/s1. The third-order valence-electron chi connectivity index (χ3n) is 3.87. The van der Waals surface area contributed by atoms with E-state index < -0.39 is 6.10 Å². The summed E-state index contributed by atoms with van der Waals surface area (Å²) in [5.74, 6) is 0.634. The molecule has 2 nitrogen and oxygen atoms in total. The lowest BCUT2D eigenvalue weighted by molar-refractivity contribution is 0.167. The molecule has 2 heteroatoms. The summed E-state index contributed by atoms with van der Waals surface area (Å²) >= 11 is 0. The Morgan fingerprint density at radius 2 is 1.50 bits per heavy atom. The number of benzene rings is 2. The molecule has 0 aliphatic heterocycles. The van der Waals surface area contributed by atoms with Crippen LogP contribution in [0.2, 0.25) is 0 Å². The number of aliphatic hydroxyl groups excluding tert-OH is 1. The summed E-state index contributed by atoms with van der Waals surface area (Å²) in [4.78, 5) is 0. The summed E-state index contributed by atoms with van der Waals surface area (Å²) < 4.78 is 0. The van der Waals surface area contributed by atoms with Gasteiger partial charge in [-0.3, -0.25) is 0 Å². The van der Waals surface area contributed by atoms with Crippen LogP contribution in [0, 0.1) is 5.92 Å². The maximum absolute atomic E-state index is 10.3. The van der Waals surface area contributed by atoms with Crippen molar-refractivity contribution in [1.82, 2.24) is 5.32 Å². The number of aliphatic hydroxyl groups is 1. The molecule has 0 heterocycles. The predicted octanol–water partition coefficient (Wildman–Crippen LogP) is 3.97. The summed E-state index contributed by atoms with van der Waals surface area (Å²) in [5.41, 5.74) is 2.31. The summed E-state index contributed by atoms with van der Waals surface area (Å²) in [6.45, 7) is 5.08.